The molecule has 170 valence electrons. The number of carbonyl (C=O) groups excluding carboxylic acids is 1. The molecule has 1 aromatic carbocycles. The fourth-order valence-corrected chi connectivity index (χ4v) is 5.15. The van der Waals surface area contributed by atoms with Gasteiger partial charge < -0.3 is 14.7 Å². The first-order valence-electron chi connectivity index (χ1n) is 10.9. The van der Waals surface area contributed by atoms with Crippen LogP contribution in [0.25, 0.3) is 0 Å². The summed E-state index contributed by atoms with van der Waals surface area (Å²) in [4.78, 5) is 19.8. The van der Waals surface area contributed by atoms with Crippen molar-refractivity contribution in [1.82, 2.24) is 9.88 Å². The summed E-state index contributed by atoms with van der Waals surface area (Å²) >= 11 is 7.82. The number of nitrogens with zero attached hydrogens (tertiary/aromatic N) is 3. The number of amides is 1. The zero-order valence-corrected chi connectivity index (χ0v) is 19.4. The number of benzene rings is 1. The first kappa shape index (κ1) is 23.1. The van der Waals surface area contributed by atoms with Gasteiger partial charge in [-0.1, -0.05) is 35.9 Å². The average molecular weight is 474 g/mol. The van der Waals surface area contributed by atoms with Crippen LogP contribution in [0.15, 0.2) is 61.3 Å². The lowest BCUT2D eigenvalue weighted by atomic mass is 9.99. The van der Waals surface area contributed by atoms with Crippen molar-refractivity contribution in [1.29, 1.82) is 0 Å². The summed E-state index contributed by atoms with van der Waals surface area (Å²) in [5, 5.41) is 11.6. The first-order chi connectivity index (χ1) is 15.6. The highest BCUT2D eigenvalue weighted by Crippen LogP contribution is 2.39. The van der Waals surface area contributed by atoms with Crippen LogP contribution in [0.4, 0.5) is 5.82 Å². The number of ether oxygens (including phenoxy) is 1. The van der Waals surface area contributed by atoms with E-state index in [2.05, 4.69) is 15.9 Å². The van der Waals surface area contributed by atoms with Crippen LogP contribution in [0, 0.1) is 0 Å². The predicted molar refractivity (Wildman–Crippen MR) is 129 cm³/mol. The Bertz CT molecular complexity index is 910. The van der Waals surface area contributed by atoms with Crippen molar-refractivity contribution in [2.75, 3.05) is 24.1 Å². The molecule has 4 rings (SSSR count). The Morgan fingerprint density at radius 3 is 2.72 bits per heavy atom. The molecule has 6 nitrogen and oxygen atoms in total. The Balaban J connectivity index is 1.63. The minimum absolute atomic E-state index is 0.132. The van der Waals surface area contributed by atoms with Gasteiger partial charge in [-0.3, -0.25) is 9.10 Å². The van der Waals surface area contributed by atoms with E-state index in [1.165, 1.54) is 12.8 Å². The van der Waals surface area contributed by atoms with E-state index in [9.17, 15) is 9.90 Å². The Morgan fingerprint density at radius 1 is 1.31 bits per heavy atom. The number of aliphatic hydroxyl groups is 1. The van der Waals surface area contributed by atoms with E-state index in [-0.39, 0.29) is 18.6 Å². The van der Waals surface area contributed by atoms with Crippen LogP contribution in [-0.4, -0.2) is 58.1 Å². The second-order valence-corrected chi connectivity index (χ2v) is 9.80. The van der Waals surface area contributed by atoms with Crippen molar-refractivity contribution < 1.29 is 14.6 Å². The molecule has 1 amide bonds. The fourth-order valence-electron chi connectivity index (χ4n) is 3.85. The standard InChI is InChI=1S/C24H28ClN3O3S/c1-2-5-22-24(30)28(21(16-31-22)17-7-9-18(25)10-8-17)19(15-29)14-27(32-20-11-12-20)23-6-3-4-13-26-23/h2-4,6-10,13,19-22,29H,1,5,11-12,14-16H2/t19-,21?,22-/m1/s1. The van der Waals surface area contributed by atoms with Gasteiger partial charge in [0.25, 0.3) is 5.91 Å². The van der Waals surface area contributed by atoms with Gasteiger partial charge in [-0.05, 0) is 54.6 Å². The van der Waals surface area contributed by atoms with Crippen molar-refractivity contribution >= 4 is 35.3 Å². The molecule has 0 bridgehead atoms. The zero-order valence-electron chi connectivity index (χ0n) is 17.8. The highest BCUT2D eigenvalue weighted by molar-refractivity contribution is 8.01. The van der Waals surface area contributed by atoms with Gasteiger partial charge in [0.1, 0.15) is 11.9 Å². The van der Waals surface area contributed by atoms with Crippen molar-refractivity contribution in [3.8, 4) is 0 Å². The molecule has 1 unspecified atom stereocenters. The monoisotopic (exact) mass is 473 g/mol. The molecule has 3 atom stereocenters. The summed E-state index contributed by atoms with van der Waals surface area (Å²) in [6.07, 6.45) is 5.64. The Labute approximate surface area is 198 Å². The molecule has 1 aliphatic carbocycles. The fraction of sp³-hybridized carbons (Fsp3) is 0.417. The quantitative estimate of drug-likeness (QED) is 0.411. The first-order valence-corrected chi connectivity index (χ1v) is 12.1. The Kier molecular flexibility index (Phi) is 7.73. The summed E-state index contributed by atoms with van der Waals surface area (Å²) in [7, 11) is 0. The Hall–Kier alpha value is -2.06. The van der Waals surface area contributed by atoms with E-state index in [1.54, 1.807) is 29.1 Å². The number of hydrogen-bond donors (Lipinski definition) is 1. The number of halogens is 1. The molecule has 1 N–H and O–H groups in total. The SMILES string of the molecule is C=CC[C@H]1OCC(c2ccc(Cl)cc2)N([C@@H](CO)CN(SC2CC2)c2ccccn2)C1=O. The molecule has 1 aliphatic heterocycles. The number of aromatic nitrogens is 1. The van der Waals surface area contributed by atoms with Crippen LogP contribution in [0.5, 0.6) is 0 Å². The number of pyridine rings is 1. The van der Waals surface area contributed by atoms with Crippen LogP contribution in [0.1, 0.15) is 30.9 Å². The number of aliphatic hydroxyl groups excluding tert-OH is 1. The van der Waals surface area contributed by atoms with Crippen LogP contribution in [-0.2, 0) is 9.53 Å². The molecule has 2 aromatic rings. The molecule has 32 heavy (non-hydrogen) atoms. The second-order valence-electron chi connectivity index (χ2n) is 8.05. The van der Waals surface area contributed by atoms with Crippen LogP contribution < -0.4 is 4.31 Å². The number of morpholine rings is 1. The van der Waals surface area contributed by atoms with Crippen molar-refractivity contribution in [3.05, 3.63) is 71.9 Å². The van der Waals surface area contributed by atoms with Crippen LogP contribution >= 0.6 is 23.5 Å². The van der Waals surface area contributed by atoms with Gasteiger partial charge in [0, 0.05) is 22.9 Å². The molecule has 1 saturated carbocycles. The van der Waals surface area contributed by atoms with E-state index in [0.717, 1.165) is 11.4 Å². The second kappa shape index (κ2) is 10.7. The lowest BCUT2D eigenvalue weighted by molar-refractivity contribution is -0.164. The van der Waals surface area contributed by atoms with Gasteiger partial charge in [-0.2, -0.15) is 0 Å². The number of rotatable bonds is 10. The summed E-state index contributed by atoms with van der Waals surface area (Å²) in [5.74, 6) is 0.696. The third-order valence-corrected chi connectivity index (χ3v) is 7.25. The molecule has 2 aliphatic rings. The molecule has 1 aromatic heterocycles. The number of carbonyl (C=O) groups is 1. The molecule has 8 heteroatoms. The van der Waals surface area contributed by atoms with E-state index in [1.807, 2.05) is 42.5 Å². The van der Waals surface area contributed by atoms with E-state index < -0.39 is 12.1 Å². The van der Waals surface area contributed by atoms with Crippen LogP contribution in [0.3, 0.4) is 0 Å². The lowest BCUT2D eigenvalue weighted by Crippen LogP contribution is -2.57. The van der Waals surface area contributed by atoms with E-state index >= 15 is 0 Å². The van der Waals surface area contributed by atoms with Gasteiger partial charge in [-0.15, -0.1) is 6.58 Å². The third kappa shape index (κ3) is 5.46. The third-order valence-electron chi connectivity index (χ3n) is 5.64. The summed E-state index contributed by atoms with van der Waals surface area (Å²) in [6, 6.07) is 12.5. The number of anilines is 1. The minimum atomic E-state index is -0.593. The maximum absolute atomic E-state index is 13.5. The van der Waals surface area contributed by atoms with Crippen LogP contribution in [0.2, 0.25) is 5.02 Å². The van der Waals surface area contributed by atoms with Gasteiger partial charge in [0.2, 0.25) is 0 Å². The molecular formula is C24H28ClN3O3S. The van der Waals surface area contributed by atoms with Crippen molar-refractivity contribution in [2.45, 2.75) is 42.7 Å². The maximum atomic E-state index is 13.5. The molecule has 0 spiro atoms. The summed E-state index contributed by atoms with van der Waals surface area (Å²) < 4.78 is 8.02. The zero-order chi connectivity index (χ0) is 22.5. The van der Waals surface area contributed by atoms with Gasteiger partial charge in [0.05, 0.1) is 31.8 Å². The molecule has 0 radical (unpaired) electrons. The van der Waals surface area contributed by atoms with Gasteiger partial charge in [-0.25, -0.2) is 4.98 Å². The largest absolute Gasteiger partial charge is 0.394 e. The minimum Gasteiger partial charge on any atom is -0.394 e. The molecule has 2 fully saturated rings. The van der Waals surface area contributed by atoms with E-state index in [4.69, 9.17) is 16.3 Å². The van der Waals surface area contributed by atoms with Gasteiger partial charge in [0.15, 0.2) is 0 Å². The Morgan fingerprint density at radius 2 is 2.09 bits per heavy atom. The highest BCUT2D eigenvalue weighted by Gasteiger charge is 2.41. The topological polar surface area (TPSA) is 65.9 Å². The summed E-state index contributed by atoms with van der Waals surface area (Å²) in [5.41, 5.74) is 0.928. The maximum Gasteiger partial charge on any atom is 0.253 e. The smallest absolute Gasteiger partial charge is 0.253 e. The summed E-state index contributed by atoms with van der Waals surface area (Å²) in [6.45, 7) is 4.41. The predicted octanol–water partition coefficient (Wildman–Crippen LogP) is 4.26. The average Bonchev–Trinajstić information content (AvgIpc) is 3.64. The molecule has 2 heterocycles. The number of hydrogen-bond acceptors (Lipinski definition) is 6. The van der Waals surface area contributed by atoms with Crippen molar-refractivity contribution in [3.63, 3.8) is 0 Å². The molecular weight excluding hydrogens is 446 g/mol. The van der Waals surface area contributed by atoms with E-state index in [0.29, 0.717) is 29.8 Å². The highest BCUT2D eigenvalue weighted by atomic mass is 35.5. The van der Waals surface area contributed by atoms with Crippen molar-refractivity contribution in [2.24, 2.45) is 0 Å². The van der Waals surface area contributed by atoms with Gasteiger partial charge >= 0.3 is 0 Å². The molecule has 1 saturated heterocycles. The normalized spacial score (nSPS) is 21.9. The lowest BCUT2D eigenvalue weighted by Gasteiger charge is -2.44.